The van der Waals surface area contributed by atoms with Crippen molar-refractivity contribution in [1.82, 2.24) is 5.32 Å². The average Bonchev–Trinajstić information content (AvgIpc) is 3.35. The normalized spacial score (nSPS) is 13.7. The minimum atomic E-state index is -4.69. The van der Waals surface area contributed by atoms with Gasteiger partial charge in [0, 0.05) is 12.8 Å². The van der Waals surface area contributed by atoms with Crippen LogP contribution in [0.4, 0.5) is 0 Å². The molecule has 0 rings (SSSR count). The highest BCUT2D eigenvalue weighted by Gasteiger charge is 2.27. The number of carbonyl (C=O) groups excluding carboxylic acids is 2. The number of rotatable bonds is 59. The van der Waals surface area contributed by atoms with Gasteiger partial charge in [0.05, 0.1) is 33.8 Å². The number of quaternary nitrogens is 1. The first-order chi connectivity index (χ1) is 35.4. The van der Waals surface area contributed by atoms with Gasteiger partial charge in [0.2, 0.25) is 5.91 Å². The Kier molecular flexibility index (Phi) is 53.2. The molecule has 3 atom stereocenters. The van der Waals surface area contributed by atoms with Crippen LogP contribution >= 0.6 is 7.82 Å². The molecule has 0 saturated carbocycles. The fraction of sp³-hybridized carbons (Fsp3) is 0.937. The minimum Gasteiger partial charge on any atom is -0.756 e. The Morgan fingerprint density at radius 1 is 0.466 bits per heavy atom. The molecule has 0 bridgehead atoms. The summed E-state index contributed by atoms with van der Waals surface area (Å²) in [7, 11) is 1.21. The van der Waals surface area contributed by atoms with Gasteiger partial charge in [-0.2, -0.15) is 0 Å². The molecule has 0 spiro atoms. The number of nitrogens with zero attached hydrogens (tertiary/aromatic N) is 1. The van der Waals surface area contributed by atoms with Gasteiger partial charge < -0.3 is 28.5 Å². The molecule has 0 saturated heterocycles. The van der Waals surface area contributed by atoms with Crippen molar-refractivity contribution >= 4 is 19.7 Å². The highest BCUT2D eigenvalue weighted by atomic mass is 31.2. The lowest BCUT2D eigenvalue weighted by atomic mass is 10.0. The predicted molar refractivity (Wildman–Crippen MR) is 312 cm³/mol. The monoisotopic (exact) mass is 1050 g/mol. The van der Waals surface area contributed by atoms with Crippen LogP contribution in [0.3, 0.4) is 0 Å². The summed E-state index contributed by atoms with van der Waals surface area (Å²) in [6.45, 7) is 6.89. The quantitative estimate of drug-likeness (QED) is 0.0212. The van der Waals surface area contributed by atoms with Crippen LogP contribution in [0.5, 0.6) is 0 Å². The molecular weight excluding hydrogens is 928 g/mol. The number of carbonyl (C=O) groups is 2. The zero-order valence-corrected chi connectivity index (χ0v) is 50.5. The van der Waals surface area contributed by atoms with E-state index in [4.69, 9.17) is 13.8 Å². The van der Waals surface area contributed by atoms with Crippen LogP contribution in [-0.2, 0) is 27.9 Å². The van der Waals surface area contributed by atoms with E-state index in [2.05, 4.69) is 26.1 Å². The fourth-order valence-corrected chi connectivity index (χ4v) is 10.5. The Bertz CT molecular complexity index is 1260. The minimum absolute atomic E-state index is 0.0169. The van der Waals surface area contributed by atoms with Gasteiger partial charge in [-0.15, -0.1) is 0 Å². The van der Waals surface area contributed by atoms with Crippen molar-refractivity contribution in [3.63, 3.8) is 0 Å². The molecule has 0 radical (unpaired) electrons. The molecule has 0 aromatic heterocycles. The van der Waals surface area contributed by atoms with E-state index < -0.39 is 20.0 Å². The summed E-state index contributed by atoms with van der Waals surface area (Å²) in [5.74, 6) is -0.520. The van der Waals surface area contributed by atoms with E-state index in [0.29, 0.717) is 17.4 Å². The number of phosphoric acid groups is 1. The van der Waals surface area contributed by atoms with Gasteiger partial charge in [-0.1, -0.05) is 297 Å². The molecule has 0 aliphatic carbocycles. The number of nitrogens with one attached hydrogen (secondary N) is 1. The average molecular weight is 1050 g/mol. The van der Waals surface area contributed by atoms with Crippen LogP contribution in [0.15, 0.2) is 12.2 Å². The van der Waals surface area contributed by atoms with Crippen LogP contribution in [0, 0.1) is 0 Å². The van der Waals surface area contributed by atoms with Crippen LogP contribution < -0.4 is 10.2 Å². The Morgan fingerprint density at radius 3 is 1.12 bits per heavy atom. The topological polar surface area (TPSA) is 114 Å². The van der Waals surface area contributed by atoms with Crippen molar-refractivity contribution in [2.75, 3.05) is 40.9 Å². The lowest BCUT2D eigenvalue weighted by Gasteiger charge is -2.30. The molecule has 9 nitrogen and oxygen atoms in total. The Labute approximate surface area is 454 Å². The van der Waals surface area contributed by atoms with Crippen molar-refractivity contribution in [2.24, 2.45) is 0 Å². The van der Waals surface area contributed by atoms with Crippen molar-refractivity contribution in [3.8, 4) is 0 Å². The molecule has 3 unspecified atom stereocenters. The van der Waals surface area contributed by atoms with E-state index >= 15 is 0 Å². The molecule has 1 N–H and O–H groups in total. The first-order valence-corrected chi connectivity index (χ1v) is 33.5. The van der Waals surface area contributed by atoms with Crippen molar-refractivity contribution in [3.05, 3.63) is 12.2 Å². The van der Waals surface area contributed by atoms with E-state index in [1.165, 1.54) is 238 Å². The van der Waals surface area contributed by atoms with E-state index in [1.54, 1.807) is 0 Å². The van der Waals surface area contributed by atoms with Crippen LogP contribution in [0.25, 0.3) is 0 Å². The maximum atomic E-state index is 13.5. The van der Waals surface area contributed by atoms with Gasteiger partial charge in [0.25, 0.3) is 7.82 Å². The molecule has 0 aromatic carbocycles. The van der Waals surface area contributed by atoms with Gasteiger partial charge in [0.1, 0.15) is 19.3 Å². The number of allylic oxidation sites excluding steroid dienone is 1. The van der Waals surface area contributed by atoms with Crippen LogP contribution in [-0.4, -0.2) is 69.4 Å². The molecule has 73 heavy (non-hydrogen) atoms. The molecule has 1 amide bonds. The second kappa shape index (κ2) is 54.1. The standard InChI is InChI=1S/C63H125N2O7P/c1-7-10-13-16-19-22-25-27-28-29-30-31-32-33-34-35-36-38-41-44-47-50-53-56-63(67)72-61(54-51-48-45-42-39-24-21-18-15-12-9-3)60(59-71-73(68,69)70-58-57-65(4,5)6)64-62(66)55-52-49-46-43-40-37-26-23-20-17-14-11-8-2/h51,54,60-61H,7-50,52-53,55-59H2,1-6H3,(H-,64,66,68,69)/b54-51-. The lowest BCUT2D eigenvalue weighted by molar-refractivity contribution is -0.870. The second-order valence-electron chi connectivity index (χ2n) is 23.3. The van der Waals surface area contributed by atoms with Gasteiger partial charge in [-0.3, -0.25) is 14.2 Å². The Morgan fingerprint density at radius 2 is 0.781 bits per heavy atom. The highest BCUT2D eigenvalue weighted by molar-refractivity contribution is 7.45. The maximum absolute atomic E-state index is 13.5. The maximum Gasteiger partial charge on any atom is 0.306 e. The highest BCUT2D eigenvalue weighted by Crippen LogP contribution is 2.38. The molecule has 10 heteroatoms. The number of likely N-dealkylation sites (N-methyl/N-ethyl adjacent to an activating group) is 1. The SMILES string of the molecule is CCCCCCCCCCC/C=C\C(OC(=O)CCCCCCCCCCCCCCCCCCCCCCCCC)C(COP(=O)([O-])OCC[N+](C)(C)C)NC(=O)CCCCCCCCCCCCCCC. The summed E-state index contributed by atoms with van der Waals surface area (Å²) in [5.41, 5.74) is 0. The summed E-state index contributed by atoms with van der Waals surface area (Å²) in [4.78, 5) is 39.9. The zero-order valence-electron chi connectivity index (χ0n) is 49.6. The summed E-state index contributed by atoms with van der Waals surface area (Å²) < 4.78 is 30.3. The summed E-state index contributed by atoms with van der Waals surface area (Å²) in [6.07, 6.45) is 61.9. The van der Waals surface area contributed by atoms with E-state index in [0.717, 1.165) is 57.8 Å². The van der Waals surface area contributed by atoms with Crippen LogP contribution in [0.2, 0.25) is 0 Å². The number of hydrogen-bond donors (Lipinski definition) is 1. The van der Waals surface area contributed by atoms with E-state index in [1.807, 2.05) is 33.3 Å². The molecule has 0 heterocycles. The molecular formula is C63H125N2O7P. The number of ether oxygens (including phenoxy) is 1. The molecule has 0 aliphatic rings. The summed E-state index contributed by atoms with van der Waals surface area (Å²) in [5, 5.41) is 3.03. The van der Waals surface area contributed by atoms with Crippen LogP contribution in [0.1, 0.15) is 329 Å². The Hall–Kier alpha value is -1.25. The smallest absolute Gasteiger partial charge is 0.306 e. The third-order valence-electron chi connectivity index (χ3n) is 14.7. The van der Waals surface area contributed by atoms with Gasteiger partial charge in [0.15, 0.2) is 0 Å². The number of amides is 1. The molecule has 0 fully saturated rings. The van der Waals surface area contributed by atoms with E-state index in [-0.39, 0.29) is 31.5 Å². The second-order valence-corrected chi connectivity index (χ2v) is 24.7. The van der Waals surface area contributed by atoms with Crippen molar-refractivity contribution in [1.29, 1.82) is 0 Å². The number of unbranched alkanes of at least 4 members (excludes halogenated alkanes) is 43. The molecule has 0 aromatic rings. The van der Waals surface area contributed by atoms with E-state index in [9.17, 15) is 19.0 Å². The molecule has 434 valence electrons. The van der Waals surface area contributed by atoms with Gasteiger partial charge >= 0.3 is 5.97 Å². The summed E-state index contributed by atoms with van der Waals surface area (Å²) in [6, 6.07) is -0.878. The zero-order chi connectivity index (χ0) is 53.6. The third kappa shape index (κ3) is 55.3. The number of esters is 1. The van der Waals surface area contributed by atoms with Crippen molar-refractivity contribution in [2.45, 2.75) is 341 Å². The largest absolute Gasteiger partial charge is 0.756 e. The Balaban J connectivity index is 5.04. The van der Waals surface area contributed by atoms with Crippen molar-refractivity contribution < 1.29 is 37.3 Å². The first kappa shape index (κ1) is 71.8. The lowest BCUT2D eigenvalue weighted by Crippen LogP contribution is -2.47. The number of phosphoric ester groups is 1. The fourth-order valence-electron chi connectivity index (χ4n) is 9.76. The first-order valence-electron chi connectivity index (χ1n) is 32.0. The predicted octanol–water partition coefficient (Wildman–Crippen LogP) is 18.9. The van der Waals surface area contributed by atoms with Gasteiger partial charge in [-0.25, -0.2) is 0 Å². The third-order valence-corrected chi connectivity index (χ3v) is 15.7. The van der Waals surface area contributed by atoms with Gasteiger partial charge in [-0.05, 0) is 31.8 Å². The summed E-state index contributed by atoms with van der Waals surface area (Å²) >= 11 is 0. The number of hydrogen-bond acceptors (Lipinski definition) is 7. The molecule has 0 aliphatic heterocycles.